The third-order valence-corrected chi connectivity index (χ3v) is 5.22. The van der Waals surface area contributed by atoms with Gasteiger partial charge in [0.25, 0.3) is 0 Å². The van der Waals surface area contributed by atoms with Crippen LogP contribution in [0.25, 0.3) is 5.82 Å². The third-order valence-electron chi connectivity index (χ3n) is 4.92. The van der Waals surface area contributed by atoms with Crippen LogP contribution in [0.15, 0.2) is 48.9 Å². The fourth-order valence-electron chi connectivity index (χ4n) is 3.37. The van der Waals surface area contributed by atoms with Gasteiger partial charge in [-0.05, 0) is 42.8 Å². The number of urea groups is 1. The molecule has 0 spiro atoms. The number of benzene rings is 1. The first-order chi connectivity index (χ1) is 15.0. The maximum Gasteiger partial charge on any atom is 0.319 e. The van der Waals surface area contributed by atoms with E-state index in [0.717, 1.165) is 22.9 Å². The zero-order valence-electron chi connectivity index (χ0n) is 16.9. The first-order valence-electron chi connectivity index (χ1n) is 9.81. The Labute approximate surface area is 184 Å². The van der Waals surface area contributed by atoms with Crippen molar-refractivity contribution in [2.75, 3.05) is 29.9 Å². The maximum absolute atomic E-state index is 12.3. The Balaban J connectivity index is 1.35. The lowest BCUT2D eigenvalue weighted by Gasteiger charge is -2.29. The van der Waals surface area contributed by atoms with Gasteiger partial charge >= 0.3 is 6.03 Å². The average Bonchev–Trinajstić information content (AvgIpc) is 3.18. The van der Waals surface area contributed by atoms with Crippen molar-refractivity contribution in [3.8, 4) is 5.82 Å². The van der Waals surface area contributed by atoms with Gasteiger partial charge in [0.2, 0.25) is 5.91 Å². The number of imidazole rings is 1. The van der Waals surface area contributed by atoms with E-state index in [2.05, 4.69) is 25.9 Å². The number of carbonyl (C=O) groups is 2. The summed E-state index contributed by atoms with van der Waals surface area (Å²) in [5, 5.41) is 8.87. The number of nitrogens with one attached hydrogen (secondary N) is 3. The molecule has 1 fully saturated rings. The van der Waals surface area contributed by atoms with E-state index in [0.29, 0.717) is 30.3 Å². The first kappa shape index (κ1) is 20.7. The number of nitrogens with zero attached hydrogens (tertiary/aromatic N) is 4. The number of hydrogen-bond donors (Lipinski definition) is 3. The highest BCUT2D eigenvalue weighted by Gasteiger charge is 2.19. The summed E-state index contributed by atoms with van der Waals surface area (Å²) in [7, 11) is 0. The number of aryl methyl sites for hydroxylation is 1. The summed E-state index contributed by atoms with van der Waals surface area (Å²) >= 11 is 6.39. The molecule has 1 aliphatic heterocycles. The second-order valence-electron chi connectivity index (χ2n) is 7.11. The van der Waals surface area contributed by atoms with Crippen LogP contribution in [0.4, 0.5) is 16.2 Å². The summed E-state index contributed by atoms with van der Waals surface area (Å²) in [6, 6.07) is 8.64. The molecule has 1 aromatic carbocycles. The number of anilines is 2. The molecule has 0 atom stereocenters. The van der Waals surface area contributed by atoms with Gasteiger partial charge in [-0.15, -0.1) is 0 Å². The van der Waals surface area contributed by atoms with Gasteiger partial charge in [-0.3, -0.25) is 9.36 Å². The maximum atomic E-state index is 12.3. The molecule has 3 N–H and O–H groups in total. The first-order valence-corrected chi connectivity index (χ1v) is 10.2. The Morgan fingerprint density at radius 1 is 1.23 bits per heavy atom. The lowest BCUT2D eigenvalue weighted by Crippen LogP contribution is -2.47. The fourth-order valence-corrected chi connectivity index (χ4v) is 3.67. The second-order valence-corrected chi connectivity index (χ2v) is 7.52. The van der Waals surface area contributed by atoms with Crippen LogP contribution < -0.4 is 20.9 Å². The molecule has 4 rings (SSSR count). The highest BCUT2D eigenvalue weighted by molar-refractivity contribution is 6.33. The molecule has 0 saturated carbocycles. The Hall–Kier alpha value is -3.59. The van der Waals surface area contributed by atoms with Crippen LogP contribution in [0, 0.1) is 6.92 Å². The lowest BCUT2D eigenvalue weighted by molar-refractivity contribution is -0.120. The molecule has 160 valence electrons. The predicted molar refractivity (Wildman–Crippen MR) is 119 cm³/mol. The van der Waals surface area contributed by atoms with Crippen molar-refractivity contribution in [3.63, 3.8) is 0 Å². The van der Waals surface area contributed by atoms with Gasteiger partial charge in [-0.1, -0.05) is 11.6 Å². The van der Waals surface area contributed by atoms with E-state index < -0.39 is 0 Å². The topological polar surface area (TPSA) is 104 Å². The predicted octanol–water partition coefficient (Wildman–Crippen LogP) is 2.49. The third kappa shape index (κ3) is 4.95. The van der Waals surface area contributed by atoms with E-state index in [1.54, 1.807) is 30.6 Å². The number of carbonyl (C=O) groups excluding carboxylic acids is 2. The number of hydrogen-bond acceptors (Lipinski definition) is 5. The molecular formula is C21H22ClN7O2. The van der Waals surface area contributed by atoms with Crippen molar-refractivity contribution in [2.45, 2.75) is 13.5 Å². The number of piperazine rings is 1. The van der Waals surface area contributed by atoms with Crippen LogP contribution >= 0.6 is 11.6 Å². The zero-order chi connectivity index (χ0) is 21.8. The summed E-state index contributed by atoms with van der Waals surface area (Å²) in [5.74, 6) is 1.54. The van der Waals surface area contributed by atoms with Crippen molar-refractivity contribution in [1.29, 1.82) is 0 Å². The molecule has 31 heavy (non-hydrogen) atoms. The SMILES string of the molecule is Cc1nccn1-c1cc(CNC(=O)Nc2ccc(N3CCNC(=O)C3)c(Cl)c2)ccn1. The number of rotatable bonds is 5. The quantitative estimate of drug-likeness (QED) is 0.566. The van der Waals surface area contributed by atoms with E-state index in [-0.39, 0.29) is 18.5 Å². The minimum absolute atomic E-state index is 0.0358. The van der Waals surface area contributed by atoms with E-state index >= 15 is 0 Å². The Morgan fingerprint density at radius 3 is 2.84 bits per heavy atom. The van der Waals surface area contributed by atoms with Crippen LogP contribution in [0.5, 0.6) is 0 Å². The molecule has 3 aromatic rings. The molecular weight excluding hydrogens is 418 g/mol. The summed E-state index contributed by atoms with van der Waals surface area (Å²) in [6.45, 7) is 3.76. The van der Waals surface area contributed by atoms with Gasteiger partial charge in [-0.2, -0.15) is 0 Å². The summed E-state index contributed by atoms with van der Waals surface area (Å²) in [5.41, 5.74) is 2.24. The van der Waals surface area contributed by atoms with E-state index in [4.69, 9.17) is 11.6 Å². The molecule has 2 aromatic heterocycles. The van der Waals surface area contributed by atoms with E-state index in [1.165, 1.54) is 0 Å². The zero-order valence-corrected chi connectivity index (χ0v) is 17.7. The highest BCUT2D eigenvalue weighted by atomic mass is 35.5. The summed E-state index contributed by atoms with van der Waals surface area (Å²) in [4.78, 5) is 34.4. The minimum atomic E-state index is -0.349. The van der Waals surface area contributed by atoms with Crippen molar-refractivity contribution < 1.29 is 9.59 Å². The molecule has 3 amide bonds. The Bertz CT molecular complexity index is 1110. The second kappa shape index (κ2) is 9.05. The molecule has 0 bridgehead atoms. The van der Waals surface area contributed by atoms with Crippen LogP contribution in [-0.2, 0) is 11.3 Å². The van der Waals surface area contributed by atoms with Gasteiger partial charge in [-0.25, -0.2) is 14.8 Å². The van der Waals surface area contributed by atoms with Crippen LogP contribution in [-0.4, -0.2) is 46.1 Å². The standard InChI is InChI=1S/C21H22ClN7O2/c1-14-23-7-9-29(14)19-10-15(4-5-24-19)12-26-21(31)27-16-2-3-18(17(22)11-16)28-8-6-25-20(30)13-28/h2-5,7,9-11H,6,8,12-13H2,1H3,(H,25,30)(H2,26,27,31). The van der Waals surface area contributed by atoms with E-state index in [1.807, 2.05) is 34.7 Å². The fraction of sp³-hybridized carbons (Fsp3) is 0.238. The molecule has 9 nitrogen and oxygen atoms in total. The molecule has 3 heterocycles. The van der Waals surface area contributed by atoms with Crippen LogP contribution in [0.1, 0.15) is 11.4 Å². The molecule has 10 heteroatoms. The van der Waals surface area contributed by atoms with E-state index in [9.17, 15) is 9.59 Å². The largest absolute Gasteiger partial charge is 0.359 e. The van der Waals surface area contributed by atoms with Gasteiger partial charge < -0.3 is 20.9 Å². The lowest BCUT2D eigenvalue weighted by atomic mass is 10.2. The summed E-state index contributed by atoms with van der Waals surface area (Å²) in [6.07, 6.45) is 5.25. The Kier molecular flexibility index (Phi) is 6.03. The van der Waals surface area contributed by atoms with Crippen molar-refractivity contribution in [2.24, 2.45) is 0 Å². The molecule has 0 aliphatic carbocycles. The molecule has 1 aliphatic rings. The number of aromatic nitrogens is 3. The monoisotopic (exact) mass is 439 g/mol. The molecule has 1 saturated heterocycles. The van der Waals surface area contributed by atoms with Gasteiger partial charge in [0.15, 0.2) is 0 Å². The normalized spacial score (nSPS) is 13.6. The van der Waals surface area contributed by atoms with Crippen LogP contribution in [0.3, 0.4) is 0 Å². The smallest absolute Gasteiger partial charge is 0.319 e. The van der Waals surface area contributed by atoms with Gasteiger partial charge in [0, 0.05) is 43.9 Å². The van der Waals surface area contributed by atoms with Crippen LogP contribution in [0.2, 0.25) is 5.02 Å². The van der Waals surface area contributed by atoms with Gasteiger partial charge in [0.1, 0.15) is 11.6 Å². The van der Waals surface area contributed by atoms with Crippen molar-refractivity contribution >= 4 is 34.9 Å². The van der Waals surface area contributed by atoms with Gasteiger partial charge in [0.05, 0.1) is 17.3 Å². The Morgan fingerprint density at radius 2 is 2.10 bits per heavy atom. The van der Waals surface area contributed by atoms with Crippen molar-refractivity contribution in [1.82, 2.24) is 25.2 Å². The van der Waals surface area contributed by atoms with Crippen molar-refractivity contribution in [3.05, 3.63) is 65.3 Å². The minimum Gasteiger partial charge on any atom is -0.359 e. The number of pyridine rings is 1. The summed E-state index contributed by atoms with van der Waals surface area (Å²) < 4.78 is 1.87. The molecule has 0 radical (unpaired) electrons. The average molecular weight is 440 g/mol. The number of amides is 3. The molecule has 0 unspecified atom stereocenters. The number of halogens is 1. The highest BCUT2D eigenvalue weighted by Crippen LogP contribution is 2.29.